The molecule has 0 radical (unpaired) electrons. The molecular formula is C24H36N2O2. The standard InChI is InChI=1S/C24H36N2O2/c1-3-4-5-6-7-8-15-26-19-20(18-25-14-9-10-21(27)13-16-25)23-12-11-22(28-2)17-24(23)26/h11-12,17,19H,3-10,13-16,18H2,1-2H3. The van der Waals surface area contributed by atoms with Crippen molar-refractivity contribution in [1.82, 2.24) is 9.47 Å². The number of carbonyl (C=O) groups is 1. The Kier molecular flexibility index (Phi) is 7.96. The van der Waals surface area contributed by atoms with Crippen LogP contribution in [0.4, 0.5) is 0 Å². The number of aromatic nitrogens is 1. The van der Waals surface area contributed by atoms with Crippen LogP contribution in [0.3, 0.4) is 0 Å². The summed E-state index contributed by atoms with van der Waals surface area (Å²) in [5.41, 5.74) is 2.65. The van der Waals surface area contributed by atoms with Gasteiger partial charge in [0, 0.05) is 50.1 Å². The number of carbonyl (C=O) groups excluding carboxylic acids is 1. The second kappa shape index (κ2) is 10.7. The molecule has 0 aliphatic carbocycles. The van der Waals surface area contributed by atoms with E-state index in [-0.39, 0.29) is 0 Å². The monoisotopic (exact) mass is 384 g/mol. The molecule has 1 aromatic carbocycles. The molecule has 3 rings (SSSR count). The lowest BCUT2D eigenvalue weighted by Crippen LogP contribution is -2.24. The molecule has 1 aliphatic heterocycles. The van der Waals surface area contributed by atoms with Gasteiger partial charge in [-0.25, -0.2) is 0 Å². The molecule has 0 amide bonds. The molecule has 0 bridgehead atoms. The van der Waals surface area contributed by atoms with Crippen LogP contribution in [0.25, 0.3) is 10.9 Å². The summed E-state index contributed by atoms with van der Waals surface area (Å²) in [6.07, 6.45) is 12.6. The molecule has 4 nitrogen and oxygen atoms in total. The summed E-state index contributed by atoms with van der Waals surface area (Å²) in [4.78, 5) is 14.2. The maximum atomic E-state index is 11.7. The third kappa shape index (κ3) is 5.60. The van der Waals surface area contributed by atoms with E-state index in [1.165, 1.54) is 55.0 Å². The van der Waals surface area contributed by atoms with Crippen LogP contribution in [0.1, 0.15) is 70.3 Å². The zero-order valence-electron chi connectivity index (χ0n) is 17.7. The maximum Gasteiger partial charge on any atom is 0.134 e. The van der Waals surface area contributed by atoms with Crippen LogP contribution in [-0.2, 0) is 17.9 Å². The molecule has 2 heterocycles. The Labute approximate surface area is 169 Å². The second-order valence-electron chi connectivity index (χ2n) is 8.17. The van der Waals surface area contributed by atoms with Crippen molar-refractivity contribution in [3.63, 3.8) is 0 Å². The smallest absolute Gasteiger partial charge is 0.134 e. The van der Waals surface area contributed by atoms with Crippen molar-refractivity contribution >= 4 is 16.7 Å². The summed E-state index contributed by atoms with van der Waals surface area (Å²) in [6, 6.07) is 6.43. The number of likely N-dealkylation sites (tertiary alicyclic amines) is 1. The average molecular weight is 385 g/mol. The minimum Gasteiger partial charge on any atom is -0.497 e. The van der Waals surface area contributed by atoms with Crippen LogP contribution in [-0.4, -0.2) is 35.4 Å². The molecule has 0 atom stereocenters. The number of ketones is 1. The Morgan fingerprint density at radius 2 is 1.86 bits per heavy atom. The Morgan fingerprint density at radius 3 is 2.68 bits per heavy atom. The largest absolute Gasteiger partial charge is 0.497 e. The van der Waals surface area contributed by atoms with Crippen molar-refractivity contribution in [3.05, 3.63) is 30.0 Å². The number of hydrogen-bond donors (Lipinski definition) is 0. The molecule has 4 heteroatoms. The van der Waals surface area contributed by atoms with Crippen molar-refractivity contribution in [2.75, 3.05) is 20.2 Å². The van der Waals surface area contributed by atoms with Crippen LogP contribution < -0.4 is 4.74 Å². The quantitative estimate of drug-likeness (QED) is 0.503. The molecule has 0 N–H and O–H groups in total. The molecule has 1 fully saturated rings. The first-order chi connectivity index (χ1) is 13.7. The van der Waals surface area contributed by atoms with Crippen molar-refractivity contribution in [3.8, 4) is 5.75 Å². The highest BCUT2D eigenvalue weighted by Crippen LogP contribution is 2.28. The van der Waals surface area contributed by atoms with Crippen LogP contribution in [0.15, 0.2) is 24.4 Å². The molecule has 1 aromatic heterocycles. The van der Waals surface area contributed by atoms with E-state index in [2.05, 4.69) is 40.8 Å². The maximum absolute atomic E-state index is 11.7. The van der Waals surface area contributed by atoms with Crippen molar-refractivity contribution in [2.45, 2.75) is 77.8 Å². The molecule has 1 saturated heterocycles. The van der Waals surface area contributed by atoms with E-state index >= 15 is 0 Å². The number of rotatable bonds is 10. The highest BCUT2D eigenvalue weighted by molar-refractivity contribution is 5.85. The number of methoxy groups -OCH3 is 1. The van der Waals surface area contributed by atoms with Gasteiger partial charge in [-0.05, 0) is 37.1 Å². The molecule has 2 aromatic rings. The van der Waals surface area contributed by atoms with Gasteiger partial charge in [-0.3, -0.25) is 9.69 Å². The predicted molar refractivity (Wildman–Crippen MR) is 116 cm³/mol. The van der Waals surface area contributed by atoms with E-state index in [1.54, 1.807) is 7.11 Å². The molecule has 1 aliphatic rings. The van der Waals surface area contributed by atoms with Gasteiger partial charge in [-0.1, -0.05) is 39.0 Å². The lowest BCUT2D eigenvalue weighted by atomic mass is 10.1. The van der Waals surface area contributed by atoms with Gasteiger partial charge in [0.2, 0.25) is 0 Å². The summed E-state index contributed by atoms with van der Waals surface area (Å²) in [5, 5.41) is 1.32. The number of fused-ring (bicyclic) bond motifs is 1. The zero-order chi connectivity index (χ0) is 19.8. The Hall–Kier alpha value is -1.81. The van der Waals surface area contributed by atoms with Gasteiger partial charge in [0.25, 0.3) is 0 Å². The number of hydrogen-bond acceptors (Lipinski definition) is 3. The topological polar surface area (TPSA) is 34.5 Å². The van der Waals surface area contributed by atoms with E-state index < -0.39 is 0 Å². The molecule has 0 unspecified atom stereocenters. The summed E-state index contributed by atoms with van der Waals surface area (Å²) >= 11 is 0. The first kappa shape index (κ1) is 20.9. The third-order valence-corrected chi connectivity index (χ3v) is 5.96. The fraction of sp³-hybridized carbons (Fsp3) is 0.625. The SMILES string of the molecule is CCCCCCCCn1cc(CN2CCCC(=O)CC2)c2ccc(OC)cc21. The summed E-state index contributed by atoms with van der Waals surface area (Å²) < 4.78 is 7.89. The van der Waals surface area contributed by atoms with E-state index in [9.17, 15) is 4.79 Å². The van der Waals surface area contributed by atoms with Crippen molar-refractivity contribution < 1.29 is 9.53 Å². The summed E-state index contributed by atoms with van der Waals surface area (Å²) in [7, 11) is 1.73. The number of unbranched alkanes of at least 4 members (excludes halogenated alkanes) is 5. The first-order valence-electron chi connectivity index (χ1n) is 11.1. The van der Waals surface area contributed by atoms with Gasteiger partial charge in [-0.2, -0.15) is 0 Å². The molecule has 28 heavy (non-hydrogen) atoms. The number of ether oxygens (including phenoxy) is 1. The number of Topliss-reactive ketones (excluding diaryl/α,β-unsaturated/α-hetero) is 1. The fourth-order valence-electron chi connectivity index (χ4n) is 4.27. The van der Waals surface area contributed by atoms with Crippen molar-refractivity contribution in [2.24, 2.45) is 0 Å². The van der Waals surface area contributed by atoms with Crippen molar-refractivity contribution in [1.29, 1.82) is 0 Å². The van der Waals surface area contributed by atoms with Gasteiger partial charge in [0.1, 0.15) is 11.5 Å². The molecular weight excluding hydrogens is 348 g/mol. The highest BCUT2D eigenvalue weighted by Gasteiger charge is 2.17. The highest BCUT2D eigenvalue weighted by atomic mass is 16.5. The lowest BCUT2D eigenvalue weighted by Gasteiger charge is -2.18. The summed E-state index contributed by atoms with van der Waals surface area (Å²) in [5.74, 6) is 1.33. The first-order valence-corrected chi connectivity index (χ1v) is 11.1. The van der Waals surface area contributed by atoms with Gasteiger partial charge < -0.3 is 9.30 Å². The third-order valence-electron chi connectivity index (χ3n) is 5.96. The Morgan fingerprint density at radius 1 is 1.04 bits per heavy atom. The van der Waals surface area contributed by atoms with Gasteiger partial charge in [0.15, 0.2) is 0 Å². The zero-order valence-corrected chi connectivity index (χ0v) is 17.7. The van der Waals surface area contributed by atoms with E-state index in [0.717, 1.165) is 44.8 Å². The van der Waals surface area contributed by atoms with E-state index in [0.29, 0.717) is 12.2 Å². The molecule has 0 spiro atoms. The van der Waals surface area contributed by atoms with Crippen LogP contribution >= 0.6 is 0 Å². The van der Waals surface area contributed by atoms with Crippen LogP contribution in [0.2, 0.25) is 0 Å². The van der Waals surface area contributed by atoms with Crippen LogP contribution in [0.5, 0.6) is 5.75 Å². The normalized spacial score (nSPS) is 15.9. The van der Waals surface area contributed by atoms with Gasteiger partial charge in [-0.15, -0.1) is 0 Å². The second-order valence-corrected chi connectivity index (χ2v) is 8.17. The Bertz CT molecular complexity index is 765. The summed E-state index contributed by atoms with van der Waals surface area (Å²) in [6.45, 7) is 6.17. The average Bonchev–Trinajstić information content (AvgIpc) is 2.90. The minimum atomic E-state index is 0.415. The Balaban J connectivity index is 1.71. The van der Waals surface area contributed by atoms with Gasteiger partial charge in [0.05, 0.1) is 12.6 Å². The number of aryl methyl sites for hydroxylation is 1. The minimum absolute atomic E-state index is 0.415. The van der Waals surface area contributed by atoms with Gasteiger partial charge >= 0.3 is 0 Å². The van der Waals surface area contributed by atoms with E-state index in [1.807, 2.05) is 0 Å². The molecule has 154 valence electrons. The van der Waals surface area contributed by atoms with E-state index in [4.69, 9.17) is 4.74 Å². The predicted octanol–water partition coefficient (Wildman–Crippen LogP) is 5.57. The fourth-order valence-corrected chi connectivity index (χ4v) is 4.27. The molecule has 0 saturated carbocycles. The van der Waals surface area contributed by atoms with Crippen LogP contribution in [0, 0.1) is 0 Å². The number of benzene rings is 1. The lowest BCUT2D eigenvalue weighted by molar-refractivity contribution is -0.118. The number of nitrogens with zero attached hydrogens (tertiary/aromatic N) is 2.